The van der Waals surface area contributed by atoms with Gasteiger partial charge in [-0.2, -0.15) is 0 Å². The van der Waals surface area contributed by atoms with Gasteiger partial charge in [-0.15, -0.1) is 0 Å². The maximum atomic E-state index is 12.5. The SMILES string of the molecule is CCCCC(=O)N(C)c1ccc(C2=CC3(CCNCC3)OC3=CCCC(C(C)C)=C32)cc1. The van der Waals surface area contributed by atoms with Gasteiger partial charge in [0.05, 0.1) is 0 Å². The largest absolute Gasteiger partial charge is 0.483 e. The number of carbonyl (C=O) groups excluding carboxylic acids is 1. The molecule has 32 heavy (non-hydrogen) atoms. The molecule has 1 fully saturated rings. The molecule has 1 aromatic rings. The number of unbranched alkanes of at least 4 members (excludes halogenated alkanes) is 1. The van der Waals surface area contributed by atoms with Crippen molar-refractivity contribution < 1.29 is 9.53 Å². The molecule has 0 atom stereocenters. The van der Waals surface area contributed by atoms with Crippen molar-refractivity contribution in [2.75, 3.05) is 25.0 Å². The van der Waals surface area contributed by atoms with E-state index in [-0.39, 0.29) is 11.5 Å². The van der Waals surface area contributed by atoms with Crippen LogP contribution in [0.4, 0.5) is 5.69 Å². The first-order valence-corrected chi connectivity index (χ1v) is 12.4. The van der Waals surface area contributed by atoms with Crippen LogP contribution in [0, 0.1) is 5.92 Å². The molecule has 2 heterocycles. The van der Waals surface area contributed by atoms with Gasteiger partial charge in [-0.3, -0.25) is 4.79 Å². The minimum atomic E-state index is -0.221. The van der Waals surface area contributed by atoms with E-state index in [1.165, 1.54) is 22.3 Å². The molecular weight excluding hydrogens is 396 g/mol. The van der Waals surface area contributed by atoms with Gasteiger partial charge in [0.1, 0.15) is 11.4 Å². The number of nitrogens with zero attached hydrogens (tertiary/aromatic N) is 1. The van der Waals surface area contributed by atoms with Gasteiger partial charge in [0, 0.05) is 37.6 Å². The summed E-state index contributed by atoms with van der Waals surface area (Å²) in [6.07, 6.45) is 11.4. The molecule has 4 nitrogen and oxygen atoms in total. The fraction of sp³-hybridized carbons (Fsp3) is 0.536. The van der Waals surface area contributed by atoms with E-state index in [4.69, 9.17) is 4.74 Å². The van der Waals surface area contributed by atoms with Crippen LogP contribution in [-0.4, -0.2) is 31.6 Å². The summed E-state index contributed by atoms with van der Waals surface area (Å²) in [7, 11) is 1.88. The highest BCUT2D eigenvalue weighted by molar-refractivity contribution is 5.93. The Morgan fingerprint density at radius 3 is 2.56 bits per heavy atom. The Balaban J connectivity index is 1.72. The first-order valence-electron chi connectivity index (χ1n) is 12.4. The van der Waals surface area contributed by atoms with Crippen molar-refractivity contribution in [1.82, 2.24) is 5.32 Å². The van der Waals surface area contributed by atoms with Crippen LogP contribution in [0.3, 0.4) is 0 Å². The molecule has 3 aliphatic rings. The summed E-state index contributed by atoms with van der Waals surface area (Å²) in [6, 6.07) is 8.54. The monoisotopic (exact) mass is 434 g/mol. The van der Waals surface area contributed by atoms with Crippen LogP contribution in [0.2, 0.25) is 0 Å². The highest BCUT2D eigenvalue weighted by Crippen LogP contribution is 2.47. The highest BCUT2D eigenvalue weighted by Gasteiger charge is 2.40. The molecule has 2 aliphatic heterocycles. The number of benzene rings is 1. The van der Waals surface area contributed by atoms with Crippen LogP contribution in [-0.2, 0) is 9.53 Å². The zero-order chi connectivity index (χ0) is 22.7. The van der Waals surface area contributed by atoms with Crippen molar-refractivity contribution in [3.05, 3.63) is 58.9 Å². The van der Waals surface area contributed by atoms with Crippen LogP contribution in [0.5, 0.6) is 0 Å². The normalized spacial score (nSPS) is 19.9. The molecule has 0 saturated carbocycles. The Morgan fingerprint density at radius 2 is 1.91 bits per heavy atom. The number of rotatable bonds is 6. The number of piperidine rings is 1. The van der Waals surface area contributed by atoms with Crippen LogP contribution in [0.15, 0.2) is 53.3 Å². The third-order valence-corrected chi connectivity index (χ3v) is 7.13. The molecule has 0 bridgehead atoms. The lowest BCUT2D eigenvalue weighted by Crippen LogP contribution is -2.44. The van der Waals surface area contributed by atoms with E-state index in [0.29, 0.717) is 12.3 Å². The Hall–Kier alpha value is -2.33. The number of allylic oxidation sites excluding steroid dienone is 3. The molecule has 172 valence electrons. The first kappa shape index (κ1) is 22.8. The number of nitrogens with one attached hydrogen (secondary N) is 1. The van der Waals surface area contributed by atoms with E-state index >= 15 is 0 Å². The molecule has 1 aliphatic carbocycles. The molecule has 0 aromatic heterocycles. The zero-order valence-electron chi connectivity index (χ0n) is 20.2. The Bertz CT molecular complexity index is 931. The lowest BCUT2D eigenvalue weighted by Gasteiger charge is -2.43. The predicted molar refractivity (Wildman–Crippen MR) is 132 cm³/mol. The Labute approximate surface area is 193 Å². The van der Waals surface area contributed by atoms with Crippen molar-refractivity contribution in [3.8, 4) is 0 Å². The minimum absolute atomic E-state index is 0.181. The highest BCUT2D eigenvalue weighted by atomic mass is 16.5. The summed E-state index contributed by atoms with van der Waals surface area (Å²) < 4.78 is 6.72. The molecule has 1 saturated heterocycles. The summed E-state index contributed by atoms with van der Waals surface area (Å²) in [4.78, 5) is 14.3. The summed E-state index contributed by atoms with van der Waals surface area (Å²) >= 11 is 0. The van der Waals surface area contributed by atoms with Crippen molar-refractivity contribution in [1.29, 1.82) is 0 Å². The van der Waals surface area contributed by atoms with E-state index in [0.717, 1.165) is 63.1 Å². The van der Waals surface area contributed by atoms with E-state index in [1.54, 1.807) is 4.90 Å². The second kappa shape index (κ2) is 9.66. The smallest absolute Gasteiger partial charge is 0.226 e. The number of ether oxygens (including phenoxy) is 1. The fourth-order valence-corrected chi connectivity index (χ4v) is 5.13. The quantitative estimate of drug-likeness (QED) is 0.596. The van der Waals surface area contributed by atoms with Crippen LogP contribution in [0.25, 0.3) is 5.57 Å². The number of hydrogen-bond acceptors (Lipinski definition) is 3. The van der Waals surface area contributed by atoms with Gasteiger partial charge in [-0.05, 0) is 73.7 Å². The van der Waals surface area contributed by atoms with Gasteiger partial charge in [-0.1, -0.05) is 44.9 Å². The average Bonchev–Trinajstić information content (AvgIpc) is 2.81. The zero-order valence-corrected chi connectivity index (χ0v) is 20.2. The second-order valence-electron chi connectivity index (χ2n) is 9.74. The van der Waals surface area contributed by atoms with Crippen molar-refractivity contribution in [3.63, 3.8) is 0 Å². The standard InChI is InChI=1S/C28H38N2O2/c1-5-6-10-26(31)30(4)22-13-11-21(12-14-22)24-19-28(15-17-29-18-16-28)32-25-9-7-8-23(20(2)3)27(24)25/h9,11-14,19-20,29H,5-8,10,15-18H2,1-4H3. The Kier molecular flexibility index (Phi) is 6.90. The predicted octanol–water partition coefficient (Wildman–Crippen LogP) is 6.01. The maximum Gasteiger partial charge on any atom is 0.226 e. The van der Waals surface area contributed by atoms with Gasteiger partial charge in [0.15, 0.2) is 0 Å². The summed E-state index contributed by atoms with van der Waals surface area (Å²) in [5.41, 5.74) is 6.05. The number of fused-ring (bicyclic) bond motifs is 1. The first-order chi connectivity index (χ1) is 15.4. The van der Waals surface area contributed by atoms with Gasteiger partial charge in [0.2, 0.25) is 5.91 Å². The minimum Gasteiger partial charge on any atom is -0.483 e. The van der Waals surface area contributed by atoms with Gasteiger partial charge >= 0.3 is 0 Å². The number of anilines is 1. The van der Waals surface area contributed by atoms with Gasteiger partial charge in [-0.25, -0.2) is 0 Å². The summed E-state index contributed by atoms with van der Waals surface area (Å²) in [6.45, 7) is 8.66. The van der Waals surface area contributed by atoms with E-state index < -0.39 is 0 Å². The maximum absolute atomic E-state index is 12.5. The van der Waals surface area contributed by atoms with E-state index in [9.17, 15) is 4.79 Å². The van der Waals surface area contributed by atoms with E-state index in [2.05, 4.69) is 62.5 Å². The van der Waals surface area contributed by atoms with Crippen LogP contribution < -0.4 is 10.2 Å². The summed E-state index contributed by atoms with van der Waals surface area (Å²) in [5, 5.41) is 3.48. The lowest BCUT2D eigenvalue weighted by atomic mass is 9.77. The molecule has 1 N–H and O–H groups in total. The topological polar surface area (TPSA) is 41.6 Å². The molecule has 1 amide bonds. The Morgan fingerprint density at radius 1 is 1.19 bits per heavy atom. The number of hydrogen-bond donors (Lipinski definition) is 1. The number of amides is 1. The number of carbonyl (C=O) groups is 1. The molecule has 4 rings (SSSR count). The molecule has 0 unspecified atom stereocenters. The molecule has 1 aromatic carbocycles. The second-order valence-corrected chi connectivity index (χ2v) is 9.74. The lowest BCUT2D eigenvalue weighted by molar-refractivity contribution is -0.118. The molecule has 4 heteroatoms. The molecular formula is C28H38N2O2. The van der Waals surface area contributed by atoms with E-state index in [1.807, 2.05) is 7.05 Å². The molecule has 0 radical (unpaired) electrons. The van der Waals surface area contributed by atoms with Crippen LogP contribution in [0.1, 0.15) is 71.3 Å². The average molecular weight is 435 g/mol. The van der Waals surface area contributed by atoms with Gasteiger partial charge < -0.3 is 15.0 Å². The fourth-order valence-electron chi connectivity index (χ4n) is 5.13. The third kappa shape index (κ3) is 4.56. The van der Waals surface area contributed by atoms with Crippen molar-refractivity contribution >= 4 is 17.2 Å². The van der Waals surface area contributed by atoms with Crippen LogP contribution >= 0.6 is 0 Å². The summed E-state index contributed by atoms with van der Waals surface area (Å²) in [5.74, 6) is 1.75. The van der Waals surface area contributed by atoms with Crippen molar-refractivity contribution in [2.24, 2.45) is 5.92 Å². The third-order valence-electron chi connectivity index (χ3n) is 7.13. The van der Waals surface area contributed by atoms with Gasteiger partial charge in [0.25, 0.3) is 0 Å². The molecule has 1 spiro atoms. The van der Waals surface area contributed by atoms with Crippen molar-refractivity contribution in [2.45, 2.75) is 71.3 Å².